The summed E-state index contributed by atoms with van der Waals surface area (Å²) in [5.41, 5.74) is 3.73. The topological polar surface area (TPSA) is 26.8 Å². The molecule has 0 aromatic heterocycles. The van der Waals surface area contributed by atoms with Crippen molar-refractivity contribution in [3.8, 4) is 0 Å². The van der Waals surface area contributed by atoms with Crippen LogP contribution in [0.15, 0.2) is 54.6 Å². The number of anilines is 2. The molecule has 0 bridgehead atoms. The first kappa shape index (κ1) is 18.3. The smallest absolute Gasteiger partial charge is 0.224 e. The molecule has 0 aliphatic carbocycles. The van der Waals surface area contributed by atoms with Crippen LogP contribution in [0.3, 0.4) is 0 Å². The van der Waals surface area contributed by atoms with Crippen LogP contribution >= 0.6 is 0 Å². The molecule has 1 heterocycles. The van der Waals surface area contributed by atoms with Crippen molar-refractivity contribution in [3.63, 3.8) is 0 Å². The highest BCUT2D eigenvalue weighted by Gasteiger charge is 2.21. The molecule has 0 radical (unpaired) electrons. The van der Waals surface area contributed by atoms with Crippen LogP contribution < -0.4 is 9.80 Å². The number of piperazine rings is 1. The standard InChI is InChI=1S/C22H29N3O/c1-3-23(20-9-5-4-6-10-20)13-12-22(26)25-16-14-24(15-17-25)21-11-7-8-19(2)18-21/h4-11,18H,3,12-17H2,1-2H3. The van der Waals surface area contributed by atoms with Crippen molar-refractivity contribution in [2.75, 3.05) is 49.1 Å². The van der Waals surface area contributed by atoms with Crippen LogP contribution in [0.5, 0.6) is 0 Å². The van der Waals surface area contributed by atoms with Crippen molar-refractivity contribution in [2.24, 2.45) is 0 Å². The van der Waals surface area contributed by atoms with E-state index in [0.29, 0.717) is 6.42 Å². The van der Waals surface area contributed by atoms with Gasteiger partial charge in [-0.25, -0.2) is 0 Å². The molecule has 3 rings (SSSR count). The molecule has 26 heavy (non-hydrogen) atoms. The first-order valence-corrected chi connectivity index (χ1v) is 9.57. The van der Waals surface area contributed by atoms with Gasteiger partial charge in [0.05, 0.1) is 0 Å². The lowest BCUT2D eigenvalue weighted by Crippen LogP contribution is -2.49. The summed E-state index contributed by atoms with van der Waals surface area (Å²) >= 11 is 0. The van der Waals surface area contributed by atoms with Gasteiger partial charge in [-0.05, 0) is 43.7 Å². The van der Waals surface area contributed by atoms with Crippen molar-refractivity contribution in [1.29, 1.82) is 0 Å². The Morgan fingerprint density at radius 3 is 2.38 bits per heavy atom. The lowest BCUT2D eigenvalue weighted by atomic mass is 10.2. The zero-order valence-corrected chi connectivity index (χ0v) is 15.9. The zero-order chi connectivity index (χ0) is 18.4. The van der Waals surface area contributed by atoms with Crippen LogP contribution in [-0.2, 0) is 4.79 Å². The SMILES string of the molecule is CCN(CCC(=O)N1CCN(c2cccc(C)c2)CC1)c1ccccc1. The molecule has 1 amide bonds. The van der Waals surface area contributed by atoms with Crippen molar-refractivity contribution < 1.29 is 4.79 Å². The normalized spacial score (nSPS) is 14.4. The van der Waals surface area contributed by atoms with E-state index in [-0.39, 0.29) is 5.91 Å². The fraction of sp³-hybridized carbons (Fsp3) is 0.409. The minimum Gasteiger partial charge on any atom is -0.371 e. The van der Waals surface area contributed by atoms with E-state index >= 15 is 0 Å². The summed E-state index contributed by atoms with van der Waals surface area (Å²) in [7, 11) is 0. The molecule has 1 aliphatic rings. The minimum absolute atomic E-state index is 0.267. The van der Waals surface area contributed by atoms with E-state index in [0.717, 1.165) is 39.3 Å². The Morgan fingerprint density at radius 1 is 1.00 bits per heavy atom. The van der Waals surface area contributed by atoms with Crippen LogP contribution in [0.25, 0.3) is 0 Å². The molecule has 138 valence electrons. The Hall–Kier alpha value is -2.49. The van der Waals surface area contributed by atoms with E-state index in [4.69, 9.17) is 0 Å². The van der Waals surface area contributed by atoms with Gasteiger partial charge in [0.2, 0.25) is 5.91 Å². The predicted molar refractivity (Wildman–Crippen MR) is 109 cm³/mol. The highest BCUT2D eigenvalue weighted by Crippen LogP contribution is 2.18. The molecule has 0 unspecified atom stereocenters. The molecule has 1 aliphatic heterocycles. The molecule has 1 fully saturated rings. The van der Waals surface area contributed by atoms with Crippen molar-refractivity contribution >= 4 is 17.3 Å². The number of amides is 1. The Balaban J connectivity index is 1.49. The summed E-state index contributed by atoms with van der Waals surface area (Å²) in [6.07, 6.45) is 0.577. The van der Waals surface area contributed by atoms with E-state index in [1.54, 1.807) is 0 Å². The van der Waals surface area contributed by atoms with Gasteiger partial charge in [-0.1, -0.05) is 30.3 Å². The second-order valence-corrected chi connectivity index (χ2v) is 6.87. The number of carbonyl (C=O) groups excluding carboxylic acids is 1. The Bertz CT molecular complexity index is 708. The van der Waals surface area contributed by atoms with Crippen molar-refractivity contribution in [3.05, 3.63) is 60.2 Å². The Kier molecular flexibility index (Phi) is 6.16. The molecule has 1 saturated heterocycles. The average Bonchev–Trinajstić information content (AvgIpc) is 2.69. The maximum absolute atomic E-state index is 12.6. The van der Waals surface area contributed by atoms with E-state index < -0.39 is 0 Å². The number of nitrogens with zero attached hydrogens (tertiary/aromatic N) is 3. The van der Waals surface area contributed by atoms with Gasteiger partial charge in [0.15, 0.2) is 0 Å². The highest BCUT2D eigenvalue weighted by atomic mass is 16.2. The van der Waals surface area contributed by atoms with Gasteiger partial charge in [0.1, 0.15) is 0 Å². The number of hydrogen-bond acceptors (Lipinski definition) is 3. The maximum Gasteiger partial charge on any atom is 0.224 e. The van der Waals surface area contributed by atoms with Gasteiger partial charge in [-0.2, -0.15) is 0 Å². The Labute approximate surface area is 157 Å². The van der Waals surface area contributed by atoms with Crippen molar-refractivity contribution in [1.82, 2.24) is 4.90 Å². The van der Waals surface area contributed by atoms with Gasteiger partial charge in [0, 0.05) is 57.1 Å². The van der Waals surface area contributed by atoms with E-state index in [2.05, 4.69) is 60.0 Å². The number of benzene rings is 2. The molecule has 4 heteroatoms. The van der Waals surface area contributed by atoms with Gasteiger partial charge < -0.3 is 14.7 Å². The van der Waals surface area contributed by atoms with Crippen LogP contribution in [0.4, 0.5) is 11.4 Å². The maximum atomic E-state index is 12.6. The van der Waals surface area contributed by atoms with Crippen LogP contribution in [0.1, 0.15) is 18.9 Å². The molecule has 0 saturated carbocycles. The predicted octanol–water partition coefficient (Wildman–Crippen LogP) is 3.56. The Morgan fingerprint density at radius 2 is 1.73 bits per heavy atom. The summed E-state index contributed by atoms with van der Waals surface area (Å²) in [4.78, 5) is 19.3. The first-order chi connectivity index (χ1) is 12.7. The van der Waals surface area contributed by atoms with Gasteiger partial charge >= 0.3 is 0 Å². The monoisotopic (exact) mass is 351 g/mol. The molecule has 0 spiro atoms. The van der Waals surface area contributed by atoms with E-state index in [1.807, 2.05) is 23.1 Å². The van der Waals surface area contributed by atoms with Crippen LogP contribution in [0, 0.1) is 6.92 Å². The van der Waals surface area contributed by atoms with E-state index in [9.17, 15) is 4.79 Å². The largest absolute Gasteiger partial charge is 0.371 e. The van der Waals surface area contributed by atoms with Gasteiger partial charge in [0.25, 0.3) is 0 Å². The number of carbonyl (C=O) groups is 1. The van der Waals surface area contributed by atoms with Gasteiger partial charge in [-0.15, -0.1) is 0 Å². The summed E-state index contributed by atoms with van der Waals surface area (Å²) in [5, 5.41) is 0. The third kappa shape index (κ3) is 4.57. The third-order valence-electron chi connectivity index (χ3n) is 5.10. The summed E-state index contributed by atoms with van der Waals surface area (Å²) in [6, 6.07) is 18.9. The fourth-order valence-electron chi connectivity index (χ4n) is 3.54. The quantitative estimate of drug-likeness (QED) is 0.796. The van der Waals surface area contributed by atoms with Crippen molar-refractivity contribution in [2.45, 2.75) is 20.3 Å². The first-order valence-electron chi connectivity index (χ1n) is 9.57. The average molecular weight is 351 g/mol. The number of rotatable bonds is 6. The molecule has 4 nitrogen and oxygen atoms in total. The molecule has 0 N–H and O–H groups in total. The highest BCUT2D eigenvalue weighted by molar-refractivity contribution is 5.77. The van der Waals surface area contributed by atoms with Gasteiger partial charge in [-0.3, -0.25) is 4.79 Å². The molecule has 0 atom stereocenters. The number of aryl methyl sites for hydroxylation is 1. The fourth-order valence-corrected chi connectivity index (χ4v) is 3.54. The van der Waals surface area contributed by atoms with Crippen LogP contribution in [0.2, 0.25) is 0 Å². The lowest BCUT2D eigenvalue weighted by Gasteiger charge is -2.36. The molecule has 2 aromatic rings. The third-order valence-corrected chi connectivity index (χ3v) is 5.10. The molecular formula is C22H29N3O. The van der Waals surface area contributed by atoms with E-state index in [1.165, 1.54) is 16.9 Å². The number of para-hydroxylation sites is 1. The summed E-state index contributed by atoms with van der Waals surface area (Å²) < 4.78 is 0. The second kappa shape index (κ2) is 8.75. The lowest BCUT2D eigenvalue weighted by molar-refractivity contribution is -0.131. The minimum atomic E-state index is 0.267. The summed E-state index contributed by atoms with van der Waals surface area (Å²) in [5.74, 6) is 0.267. The number of hydrogen-bond donors (Lipinski definition) is 0. The second-order valence-electron chi connectivity index (χ2n) is 6.87. The summed E-state index contributed by atoms with van der Waals surface area (Å²) in [6.45, 7) is 9.38. The van der Waals surface area contributed by atoms with Crippen LogP contribution in [-0.4, -0.2) is 50.1 Å². The molecule has 2 aromatic carbocycles. The molecular weight excluding hydrogens is 322 g/mol. The zero-order valence-electron chi connectivity index (χ0n) is 15.9.